The van der Waals surface area contributed by atoms with Crippen LogP contribution >= 0.6 is 11.6 Å². The molecule has 0 unspecified atom stereocenters. The van der Waals surface area contributed by atoms with E-state index in [2.05, 4.69) is 15.3 Å². The topological polar surface area (TPSA) is 50.2 Å². The number of aromatic nitrogens is 2. The van der Waals surface area contributed by atoms with Crippen LogP contribution in [-0.2, 0) is 11.8 Å². The van der Waals surface area contributed by atoms with Crippen LogP contribution in [0.4, 0.5) is 5.82 Å². The van der Waals surface area contributed by atoms with Gasteiger partial charge in [-0.15, -0.1) is 0 Å². The van der Waals surface area contributed by atoms with Crippen molar-refractivity contribution in [2.45, 2.75) is 32.1 Å². The first-order chi connectivity index (χ1) is 12.1. The fourth-order valence-corrected chi connectivity index (χ4v) is 3.33. The lowest BCUT2D eigenvalue weighted by Crippen LogP contribution is -2.35. The van der Waals surface area contributed by atoms with E-state index in [1.54, 1.807) is 4.68 Å². The standard InChI is InChI=1S/C19H25ClN4O/c1-23-18(13-17(22-23)15-7-9-16(20)10-8-15)21-19(25)14-24-11-5-3-2-4-6-12-24/h7-10,13H,2-6,11-12,14H2,1H3,(H,21,25). The van der Waals surface area contributed by atoms with E-state index in [0.717, 1.165) is 24.3 Å². The SMILES string of the molecule is Cn1nc(-c2ccc(Cl)cc2)cc1NC(=O)CN1CCCCCCC1. The van der Waals surface area contributed by atoms with Crippen LogP contribution in [0.2, 0.25) is 5.02 Å². The number of benzene rings is 1. The molecule has 1 aliphatic rings. The average Bonchev–Trinajstić information content (AvgIpc) is 2.91. The normalized spacial score (nSPS) is 16.2. The van der Waals surface area contributed by atoms with Gasteiger partial charge in [0.1, 0.15) is 5.82 Å². The molecule has 1 saturated heterocycles. The molecular weight excluding hydrogens is 336 g/mol. The number of hydrogen-bond acceptors (Lipinski definition) is 3. The Bertz CT molecular complexity index is 703. The monoisotopic (exact) mass is 360 g/mol. The molecule has 0 saturated carbocycles. The van der Waals surface area contributed by atoms with Gasteiger partial charge in [0.05, 0.1) is 12.2 Å². The summed E-state index contributed by atoms with van der Waals surface area (Å²) in [6.45, 7) is 2.46. The van der Waals surface area contributed by atoms with Crippen molar-refractivity contribution in [3.63, 3.8) is 0 Å². The van der Waals surface area contributed by atoms with Crippen LogP contribution in [0.25, 0.3) is 11.3 Å². The number of carbonyl (C=O) groups excluding carboxylic acids is 1. The molecule has 1 amide bonds. The van der Waals surface area contributed by atoms with Crippen LogP contribution in [0.3, 0.4) is 0 Å². The molecule has 134 valence electrons. The molecule has 1 aromatic heterocycles. The largest absolute Gasteiger partial charge is 0.310 e. The summed E-state index contributed by atoms with van der Waals surface area (Å²) in [4.78, 5) is 14.7. The van der Waals surface area contributed by atoms with E-state index in [1.165, 1.54) is 32.1 Å². The summed E-state index contributed by atoms with van der Waals surface area (Å²) in [6.07, 6.45) is 6.22. The third-order valence-electron chi connectivity index (χ3n) is 4.60. The number of amides is 1. The van der Waals surface area contributed by atoms with Gasteiger partial charge in [0.2, 0.25) is 5.91 Å². The molecule has 25 heavy (non-hydrogen) atoms. The van der Waals surface area contributed by atoms with Crippen molar-refractivity contribution in [2.75, 3.05) is 25.0 Å². The number of carbonyl (C=O) groups is 1. The van der Waals surface area contributed by atoms with Gasteiger partial charge in [-0.05, 0) is 38.1 Å². The highest BCUT2D eigenvalue weighted by atomic mass is 35.5. The molecule has 1 fully saturated rings. The third kappa shape index (κ3) is 5.06. The molecule has 0 bridgehead atoms. The minimum absolute atomic E-state index is 0.0197. The molecule has 0 atom stereocenters. The fourth-order valence-electron chi connectivity index (χ4n) is 3.20. The van der Waals surface area contributed by atoms with Crippen LogP contribution in [0.5, 0.6) is 0 Å². The predicted octanol–water partition coefficient (Wildman–Crippen LogP) is 3.95. The third-order valence-corrected chi connectivity index (χ3v) is 4.86. The lowest BCUT2D eigenvalue weighted by Gasteiger charge is -2.23. The Morgan fingerprint density at radius 1 is 1.12 bits per heavy atom. The lowest BCUT2D eigenvalue weighted by molar-refractivity contribution is -0.117. The summed E-state index contributed by atoms with van der Waals surface area (Å²) in [5, 5.41) is 8.17. The highest BCUT2D eigenvalue weighted by Crippen LogP contribution is 2.23. The van der Waals surface area contributed by atoms with Gasteiger partial charge in [0, 0.05) is 23.7 Å². The number of aryl methyl sites for hydroxylation is 1. The van der Waals surface area contributed by atoms with Crippen LogP contribution in [0, 0.1) is 0 Å². The number of likely N-dealkylation sites (tertiary alicyclic amines) is 1. The molecule has 1 aromatic carbocycles. The Hall–Kier alpha value is -1.85. The quantitative estimate of drug-likeness (QED) is 0.898. The van der Waals surface area contributed by atoms with Gasteiger partial charge < -0.3 is 5.32 Å². The van der Waals surface area contributed by atoms with E-state index in [0.29, 0.717) is 17.4 Å². The van der Waals surface area contributed by atoms with Crippen LogP contribution in [0.1, 0.15) is 32.1 Å². The maximum Gasteiger partial charge on any atom is 0.239 e. The van der Waals surface area contributed by atoms with Crippen molar-refractivity contribution < 1.29 is 4.79 Å². The molecule has 1 N–H and O–H groups in total. The van der Waals surface area contributed by atoms with Gasteiger partial charge in [-0.1, -0.05) is 43.0 Å². The van der Waals surface area contributed by atoms with Crippen LogP contribution in [-0.4, -0.2) is 40.2 Å². The van der Waals surface area contributed by atoms with Crippen molar-refractivity contribution in [1.29, 1.82) is 0 Å². The Morgan fingerprint density at radius 2 is 1.76 bits per heavy atom. The minimum Gasteiger partial charge on any atom is -0.310 e. The van der Waals surface area contributed by atoms with Crippen molar-refractivity contribution in [2.24, 2.45) is 7.05 Å². The summed E-state index contributed by atoms with van der Waals surface area (Å²) in [5.41, 5.74) is 1.80. The number of hydrogen-bond donors (Lipinski definition) is 1. The molecule has 2 aromatic rings. The Morgan fingerprint density at radius 3 is 2.44 bits per heavy atom. The van der Waals surface area contributed by atoms with Crippen LogP contribution in [0.15, 0.2) is 30.3 Å². The maximum atomic E-state index is 12.4. The second kappa shape index (κ2) is 8.50. The summed E-state index contributed by atoms with van der Waals surface area (Å²) < 4.78 is 1.70. The summed E-state index contributed by atoms with van der Waals surface area (Å²) in [5.74, 6) is 0.730. The zero-order valence-electron chi connectivity index (χ0n) is 14.7. The van der Waals surface area contributed by atoms with Crippen molar-refractivity contribution in [1.82, 2.24) is 14.7 Å². The average molecular weight is 361 g/mol. The number of rotatable bonds is 4. The molecule has 1 aliphatic heterocycles. The lowest BCUT2D eigenvalue weighted by atomic mass is 10.1. The van der Waals surface area contributed by atoms with E-state index < -0.39 is 0 Å². The number of anilines is 1. The second-order valence-corrected chi connectivity index (χ2v) is 7.07. The number of nitrogens with one attached hydrogen (secondary N) is 1. The van der Waals surface area contributed by atoms with E-state index in [-0.39, 0.29) is 5.91 Å². The minimum atomic E-state index is 0.0197. The highest BCUT2D eigenvalue weighted by molar-refractivity contribution is 6.30. The van der Waals surface area contributed by atoms with Gasteiger partial charge >= 0.3 is 0 Å². The Kier molecular flexibility index (Phi) is 6.10. The molecule has 3 rings (SSSR count). The Balaban J connectivity index is 1.62. The number of nitrogens with zero attached hydrogens (tertiary/aromatic N) is 3. The second-order valence-electron chi connectivity index (χ2n) is 6.64. The van der Waals surface area contributed by atoms with Gasteiger partial charge in [0.15, 0.2) is 0 Å². The molecular formula is C19H25ClN4O. The zero-order chi connectivity index (χ0) is 17.6. The highest BCUT2D eigenvalue weighted by Gasteiger charge is 2.14. The van der Waals surface area contributed by atoms with E-state index in [9.17, 15) is 4.79 Å². The molecule has 0 aliphatic carbocycles. The Labute approximate surface area is 154 Å². The van der Waals surface area contributed by atoms with E-state index in [4.69, 9.17) is 11.6 Å². The first kappa shape index (κ1) is 18.0. The summed E-state index contributed by atoms with van der Waals surface area (Å²) in [6, 6.07) is 9.43. The summed E-state index contributed by atoms with van der Waals surface area (Å²) >= 11 is 5.93. The first-order valence-electron chi connectivity index (χ1n) is 8.94. The number of halogens is 1. The van der Waals surface area contributed by atoms with E-state index >= 15 is 0 Å². The van der Waals surface area contributed by atoms with Gasteiger partial charge in [-0.25, -0.2) is 0 Å². The van der Waals surface area contributed by atoms with Gasteiger partial charge in [0.25, 0.3) is 0 Å². The molecule has 0 spiro atoms. The molecule has 5 nitrogen and oxygen atoms in total. The summed E-state index contributed by atoms with van der Waals surface area (Å²) in [7, 11) is 1.84. The van der Waals surface area contributed by atoms with Crippen molar-refractivity contribution in [3.05, 3.63) is 35.4 Å². The van der Waals surface area contributed by atoms with Crippen molar-refractivity contribution >= 4 is 23.3 Å². The van der Waals surface area contributed by atoms with Gasteiger partial charge in [-0.2, -0.15) is 5.10 Å². The van der Waals surface area contributed by atoms with Crippen molar-refractivity contribution in [3.8, 4) is 11.3 Å². The molecule has 0 radical (unpaired) electrons. The fraction of sp³-hybridized carbons (Fsp3) is 0.474. The zero-order valence-corrected chi connectivity index (χ0v) is 15.4. The first-order valence-corrected chi connectivity index (χ1v) is 9.32. The predicted molar refractivity (Wildman–Crippen MR) is 102 cm³/mol. The maximum absolute atomic E-state index is 12.4. The van der Waals surface area contributed by atoms with E-state index in [1.807, 2.05) is 37.4 Å². The van der Waals surface area contributed by atoms with Crippen LogP contribution < -0.4 is 5.32 Å². The molecule has 2 heterocycles. The molecule has 6 heteroatoms. The smallest absolute Gasteiger partial charge is 0.239 e. The van der Waals surface area contributed by atoms with Gasteiger partial charge in [-0.3, -0.25) is 14.4 Å².